The van der Waals surface area contributed by atoms with Crippen molar-refractivity contribution >= 4 is 87.2 Å². The van der Waals surface area contributed by atoms with E-state index in [0.29, 0.717) is 23.0 Å². The molecule has 0 radical (unpaired) electrons. The number of nitriles is 1. The van der Waals surface area contributed by atoms with Crippen LogP contribution in [0.2, 0.25) is 0 Å². The van der Waals surface area contributed by atoms with Gasteiger partial charge >= 0.3 is 0 Å². The van der Waals surface area contributed by atoms with Crippen LogP contribution in [0.1, 0.15) is 111 Å². The standard InChI is InChI=1S/C98H82N8/c1-95(2,3)66-49-64(50-67(55-66)96(4,5)6)92-100-93(65-51-68(97(7,8)9)56-69(52-65)98(10,11)12)102-94(101-92)81-54-63(41-45-91(81)106-87-39-24-18-33-77(87)80-58-71(43-47-90(80)106)104-84-36-21-15-30-74(84)75-31-16-22-37-85(75)104)78-53-62(61-27-25-26-60(48-61)59-99)40-44-88(78)105-86-38-23-17-32-76(86)79-57-70(42-46-89(79)105)103-82-34-19-13-28-72(82)73-29-14-20-35-83(73)103/h13-58H,1-12H3. The molecule has 0 aliphatic carbocycles. The van der Waals surface area contributed by atoms with E-state index in [0.717, 1.165) is 127 Å². The number of para-hydroxylation sites is 6. The first kappa shape index (κ1) is 65.6. The molecule has 18 aromatic rings. The summed E-state index contributed by atoms with van der Waals surface area (Å²) < 4.78 is 9.70. The topological polar surface area (TPSA) is 82.2 Å². The fraction of sp³-hybridized carbons (Fsp3) is 0.163. The summed E-state index contributed by atoms with van der Waals surface area (Å²) in [5, 5.41) is 19.8. The summed E-state index contributed by atoms with van der Waals surface area (Å²) in [6.07, 6.45) is 0. The Bertz CT molecular complexity index is 6440. The SMILES string of the molecule is CC(C)(C)c1cc(-c2nc(-c3cc(C(C)(C)C)cc(C(C)(C)C)c3)nc(-c3cc(-c4cc(-c5cccc(C#N)c5)ccc4-n4c5ccccc5c5cc(-n6c7ccccc7c7ccccc76)ccc54)ccc3-n3c4ccccc4c4cc(-n5c6ccccc6c6ccccc65)ccc43)n2)cc(C(C)(C)C)c1. The fourth-order valence-electron chi connectivity index (χ4n) is 16.1. The van der Waals surface area contributed by atoms with E-state index < -0.39 is 0 Å². The summed E-state index contributed by atoms with van der Waals surface area (Å²) in [6, 6.07) is 105. The van der Waals surface area contributed by atoms with Crippen LogP contribution in [0.3, 0.4) is 0 Å². The molecule has 0 N–H and O–H groups in total. The van der Waals surface area contributed by atoms with Gasteiger partial charge in [0.2, 0.25) is 0 Å². The van der Waals surface area contributed by atoms with Crippen LogP contribution in [0.4, 0.5) is 0 Å². The molecular formula is C98H82N8. The second-order valence-electron chi connectivity index (χ2n) is 32.9. The monoisotopic (exact) mass is 1370 g/mol. The molecule has 0 aliphatic heterocycles. The van der Waals surface area contributed by atoms with Crippen molar-refractivity contribution in [1.82, 2.24) is 33.2 Å². The van der Waals surface area contributed by atoms with Gasteiger partial charge in [0, 0.05) is 76.7 Å². The van der Waals surface area contributed by atoms with Crippen LogP contribution in [0, 0.1) is 11.3 Å². The number of rotatable bonds is 9. The number of fused-ring (bicyclic) bond motifs is 12. The number of benzene rings is 13. The number of aromatic nitrogens is 7. The molecule has 0 saturated carbocycles. The highest BCUT2D eigenvalue weighted by atomic mass is 15.1. The molecule has 18 rings (SSSR count). The maximum atomic E-state index is 10.4. The van der Waals surface area contributed by atoms with E-state index in [1.54, 1.807) is 0 Å². The van der Waals surface area contributed by atoms with Gasteiger partial charge in [0.05, 0.1) is 67.1 Å². The zero-order chi connectivity index (χ0) is 72.9. The lowest BCUT2D eigenvalue weighted by Crippen LogP contribution is -2.17. The predicted molar refractivity (Wildman–Crippen MR) is 444 cm³/mol. The highest BCUT2D eigenvalue weighted by Gasteiger charge is 2.29. The van der Waals surface area contributed by atoms with Gasteiger partial charge in [-0.3, -0.25) is 0 Å². The molecule has 0 aliphatic rings. The van der Waals surface area contributed by atoms with Crippen LogP contribution in [0.5, 0.6) is 0 Å². The van der Waals surface area contributed by atoms with Crippen LogP contribution in [0.15, 0.2) is 279 Å². The summed E-state index contributed by atoms with van der Waals surface area (Å²) in [7, 11) is 0. The molecule has 5 heterocycles. The molecule has 0 fully saturated rings. The van der Waals surface area contributed by atoms with Crippen LogP contribution in [-0.4, -0.2) is 33.2 Å². The smallest absolute Gasteiger partial charge is 0.166 e. The Balaban J connectivity index is 0.944. The second kappa shape index (κ2) is 24.3. The quantitative estimate of drug-likeness (QED) is 0.144. The van der Waals surface area contributed by atoms with E-state index in [9.17, 15) is 5.26 Å². The number of hydrogen-bond acceptors (Lipinski definition) is 4. The number of nitrogens with zero attached hydrogens (tertiary/aromatic N) is 8. The average Bonchev–Trinajstić information content (AvgIpc) is 1.28. The lowest BCUT2D eigenvalue weighted by Gasteiger charge is -2.26. The van der Waals surface area contributed by atoms with E-state index in [-0.39, 0.29) is 21.7 Å². The van der Waals surface area contributed by atoms with Gasteiger partial charge in [0.15, 0.2) is 17.5 Å². The molecule has 5 aromatic heterocycles. The molecule has 0 amide bonds. The van der Waals surface area contributed by atoms with Gasteiger partial charge in [-0.25, -0.2) is 15.0 Å². The molecule has 8 heteroatoms. The van der Waals surface area contributed by atoms with E-state index in [1.165, 1.54) is 43.8 Å². The van der Waals surface area contributed by atoms with Crippen molar-refractivity contribution in [2.75, 3.05) is 0 Å². The Morgan fingerprint density at radius 2 is 0.566 bits per heavy atom. The Morgan fingerprint density at radius 1 is 0.245 bits per heavy atom. The maximum absolute atomic E-state index is 10.4. The maximum Gasteiger partial charge on any atom is 0.166 e. The average molecular weight is 1370 g/mol. The number of hydrogen-bond donors (Lipinski definition) is 0. The highest BCUT2D eigenvalue weighted by molar-refractivity contribution is 6.15. The first-order chi connectivity index (χ1) is 51.0. The molecular weight excluding hydrogens is 1290 g/mol. The van der Waals surface area contributed by atoms with E-state index in [2.05, 4.69) is 368 Å². The third-order valence-electron chi connectivity index (χ3n) is 21.8. The largest absolute Gasteiger partial charge is 0.309 e. The molecule has 0 bridgehead atoms. The predicted octanol–water partition coefficient (Wildman–Crippen LogP) is 25.7. The third kappa shape index (κ3) is 11.0. The van der Waals surface area contributed by atoms with Crippen LogP contribution in [-0.2, 0) is 21.7 Å². The Kier molecular flexibility index (Phi) is 15.1. The summed E-state index contributed by atoms with van der Waals surface area (Å²) in [5.74, 6) is 1.72. The zero-order valence-electron chi connectivity index (χ0n) is 62.1. The second-order valence-corrected chi connectivity index (χ2v) is 32.9. The Hall–Kier alpha value is -12.4. The normalized spacial score (nSPS) is 12.5. The van der Waals surface area contributed by atoms with Gasteiger partial charge in [0.1, 0.15) is 0 Å². The van der Waals surface area contributed by atoms with Crippen molar-refractivity contribution in [3.63, 3.8) is 0 Å². The summed E-state index contributed by atoms with van der Waals surface area (Å²) in [4.78, 5) is 17.5. The van der Waals surface area contributed by atoms with Gasteiger partial charge in [-0.2, -0.15) is 5.26 Å². The third-order valence-corrected chi connectivity index (χ3v) is 21.8. The van der Waals surface area contributed by atoms with Crippen LogP contribution in [0.25, 0.3) is 166 Å². The van der Waals surface area contributed by atoms with Crippen molar-refractivity contribution in [3.05, 3.63) is 307 Å². The van der Waals surface area contributed by atoms with Gasteiger partial charge in [-0.15, -0.1) is 0 Å². The van der Waals surface area contributed by atoms with Crippen LogP contribution >= 0.6 is 0 Å². The lowest BCUT2D eigenvalue weighted by atomic mass is 9.79. The van der Waals surface area contributed by atoms with Gasteiger partial charge in [-0.05, 0) is 194 Å². The molecule has 13 aromatic carbocycles. The lowest BCUT2D eigenvalue weighted by molar-refractivity contribution is 0.568. The summed E-state index contributed by atoms with van der Waals surface area (Å²) >= 11 is 0. The Labute approximate surface area is 618 Å². The first-order valence-electron chi connectivity index (χ1n) is 37.0. The molecule has 0 spiro atoms. The minimum absolute atomic E-state index is 0.190. The van der Waals surface area contributed by atoms with Gasteiger partial charge in [0.25, 0.3) is 0 Å². The zero-order valence-corrected chi connectivity index (χ0v) is 62.1. The van der Waals surface area contributed by atoms with E-state index in [1.807, 2.05) is 18.2 Å². The first-order valence-corrected chi connectivity index (χ1v) is 37.0. The van der Waals surface area contributed by atoms with Gasteiger partial charge in [-0.1, -0.05) is 229 Å². The minimum Gasteiger partial charge on any atom is -0.309 e. The van der Waals surface area contributed by atoms with Crippen molar-refractivity contribution in [1.29, 1.82) is 5.26 Å². The van der Waals surface area contributed by atoms with Crippen molar-refractivity contribution < 1.29 is 0 Å². The summed E-state index contributed by atoms with van der Waals surface area (Å²) in [6.45, 7) is 27.5. The molecule has 0 unspecified atom stereocenters. The minimum atomic E-state index is -0.190. The van der Waals surface area contributed by atoms with E-state index in [4.69, 9.17) is 15.0 Å². The molecule has 0 atom stereocenters. The fourth-order valence-corrected chi connectivity index (χ4v) is 16.1. The van der Waals surface area contributed by atoms with E-state index >= 15 is 0 Å². The highest BCUT2D eigenvalue weighted by Crippen LogP contribution is 2.46. The van der Waals surface area contributed by atoms with Gasteiger partial charge < -0.3 is 18.3 Å². The molecule has 514 valence electrons. The van der Waals surface area contributed by atoms with Crippen molar-refractivity contribution in [2.24, 2.45) is 0 Å². The van der Waals surface area contributed by atoms with Crippen molar-refractivity contribution in [2.45, 2.75) is 105 Å². The van der Waals surface area contributed by atoms with Crippen LogP contribution < -0.4 is 0 Å². The van der Waals surface area contributed by atoms with Crippen molar-refractivity contribution in [3.8, 4) is 85.2 Å². The molecule has 8 nitrogen and oxygen atoms in total. The summed E-state index contributed by atoms with van der Waals surface area (Å²) in [5.41, 5.74) is 24.1. The molecule has 0 saturated heterocycles. The Morgan fingerprint density at radius 3 is 0.953 bits per heavy atom. The molecule has 106 heavy (non-hydrogen) atoms.